The number of carbonyl (C=O) groups excluding carboxylic acids is 2. The molecule has 2 heterocycles. The molecular weight excluding hydrogens is 604 g/mol. The van der Waals surface area contributed by atoms with Crippen molar-refractivity contribution in [3.8, 4) is 10.4 Å². The van der Waals surface area contributed by atoms with Crippen LogP contribution in [0, 0.1) is 23.5 Å². The number of amides is 1. The van der Waals surface area contributed by atoms with Gasteiger partial charge in [0.1, 0.15) is 16.6 Å². The van der Waals surface area contributed by atoms with Crippen molar-refractivity contribution in [3.05, 3.63) is 118 Å². The molecule has 9 heteroatoms. The molecule has 2 N–H and O–H groups in total. The van der Waals surface area contributed by atoms with Crippen LogP contribution in [0.3, 0.4) is 0 Å². The predicted molar refractivity (Wildman–Crippen MR) is 181 cm³/mol. The fourth-order valence-corrected chi connectivity index (χ4v) is 6.92. The van der Waals surface area contributed by atoms with E-state index in [1.165, 1.54) is 29.5 Å². The number of nitrogens with one attached hydrogen (secondary N) is 1. The molecule has 5 rings (SSSR count). The number of carbonyl (C=O) groups is 2. The number of hydrogen-bond acceptors (Lipinski definition) is 6. The number of halogens is 2. The lowest BCUT2D eigenvalue weighted by molar-refractivity contribution is -0.120. The maximum atomic E-state index is 14.9. The summed E-state index contributed by atoms with van der Waals surface area (Å²) >= 11 is 1.44. The van der Waals surface area contributed by atoms with Crippen molar-refractivity contribution in [1.82, 2.24) is 4.90 Å². The molecular formula is C37H39F2N3O3S. The van der Waals surface area contributed by atoms with Crippen LogP contribution < -0.4 is 10.2 Å². The standard InChI is InChI=1S/C37H39F2N3O3S/c1-23(2)17-27-19-42(21-29-31(38)11-8-12-32(29)39)37-33(34(27)44)30(20-41(4)18-25-9-6-5-7-10-25)35(46-37)26-13-15-28(16-14-26)40-36(45)24(3)22-43/h5-17,23-24,43H,18-22H2,1-4H3,(H,40,45). The minimum Gasteiger partial charge on any atom is -0.396 e. The number of allylic oxidation sites excluding steroid dienone is 1. The van der Waals surface area contributed by atoms with Gasteiger partial charge in [-0.3, -0.25) is 14.5 Å². The fraction of sp³-hybridized carbons (Fsp3) is 0.297. The van der Waals surface area contributed by atoms with E-state index in [0.717, 1.165) is 21.6 Å². The number of benzene rings is 3. The first kappa shape index (κ1) is 33.2. The van der Waals surface area contributed by atoms with E-state index in [9.17, 15) is 23.5 Å². The van der Waals surface area contributed by atoms with Crippen molar-refractivity contribution in [3.63, 3.8) is 0 Å². The van der Waals surface area contributed by atoms with E-state index in [1.54, 1.807) is 19.1 Å². The monoisotopic (exact) mass is 643 g/mol. The molecule has 0 spiro atoms. The summed E-state index contributed by atoms with van der Waals surface area (Å²) < 4.78 is 29.8. The maximum Gasteiger partial charge on any atom is 0.229 e. The van der Waals surface area contributed by atoms with E-state index in [2.05, 4.69) is 22.3 Å². The zero-order chi connectivity index (χ0) is 33.0. The fourth-order valence-electron chi connectivity index (χ4n) is 5.61. The van der Waals surface area contributed by atoms with Gasteiger partial charge in [-0.05, 0) is 53.9 Å². The highest BCUT2D eigenvalue weighted by Gasteiger charge is 2.35. The summed E-state index contributed by atoms with van der Waals surface area (Å²) in [6, 6.07) is 21.3. The zero-order valence-electron chi connectivity index (χ0n) is 26.5. The van der Waals surface area contributed by atoms with E-state index < -0.39 is 17.6 Å². The molecule has 0 bridgehead atoms. The quantitative estimate of drug-likeness (QED) is 0.164. The van der Waals surface area contributed by atoms with Gasteiger partial charge in [0.05, 0.1) is 18.1 Å². The maximum absolute atomic E-state index is 14.9. The second-order valence-electron chi connectivity index (χ2n) is 12.2. The molecule has 4 aromatic rings. The average molecular weight is 644 g/mol. The summed E-state index contributed by atoms with van der Waals surface area (Å²) in [4.78, 5) is 31.5. The number of aliphatic hydroxyl groups is 1. The molecule has 0 saturated heterocycles. The number of fused-ring (bicyclic) bond motifs is 1. The van der Waals surface area contributed by atoms with Crippen molar-refractivity contribution in [2.24, 2.45) is 11.8 Å². The van der Waals surface area contributed by atoms with Crippen LogP contribution in [0.25, 0.3) is 10.4 Å². The lowest BCUT2D eigenvalue weighted by Crippen LogP contribution is -2.34. The van der Waals surface area contributed by atoms with Crippen molar-refractivity contribution in [1.29, 1.82) is 0 Å². The highest BCUT2D eigenvalue weighted by molar-refractivity contribution is 7.20. The van der Waals surface area contributed by atoms with Crippen LogP contribution >= 0.6 is 11.3 Å². The molecule has 1 aliphatic heterocycles. The van der Waals surface area contributed by atoms with Gasteiger partial charge in [-0.2, -0.15) is 0 Å². The molecule has 0 saturated carbocycles. The van der Waals surface area contributed by atoms with Crippen molar-refractivity contribution >= 4 is 33.7 Å². The normalized spacial score (nSPS) is 14.7. The highest BCUT2D eigenvalue weighted by atomic mass is 32.1. The third-order valence-corrected chi connectivity index (χ3v) is 9.30. The summed E-state index contributed by atoms with van der Waals surface area (Å²) in [5.74, 6) is -2.04. The number of ketones is 1. The SMILES string of the molecule is CC(C)C=C1CN(Cc2c(F)cccc2F)c2sc(-c3ccc(NC(=O)C(C)CO)cc3)c(CN(C)Cc3ccccc3)c2C1=O. The summed E-state index contributed by atoms with van der Waals surface area (Å²) in [5, 5.41) is 12.9. The molecule has 1 aromatic heterocycles. The largest absolute Gasteiger partial charge is 0.396 e. The lowest BCUT2D eigenvalue weighted by atomic mass is 9.92. The molecule has 6 nitrogen and oxygen atoms in total. The van der Waals surface area contributed by atoms with Gasteiger partial charge >= 0.3 is 0 Å². The van der Waals surface area contributed by atoms with Gasteiger partial charge in [0.25, 0.3) is 0 Å². The Morgan fingerprint density at radius 2 is 1.65 bits per heavy atom. The van der Waals surface area contributed by atoms with Crippen LogP contribution in [-0.4, -0.2) is 41.9 Å². The van der Waals surface area contributed by atoms with Crippen LogP contribution in [0.15, 0.2) is 84.4 Å². The van der Waals surface area contributed by atoms with Crippen LogP contribution in [0.5, 0.6) is 0 Å². The number of anilines is 2. The first-order valence-corrected chi connectivity index (χ1v) is 16.2. The lowest BCUT2D eigenvalue weighted by Gasteiger charge is -2.31. The first-order valence-electron chi connectivity index (χ1n) is 15.4. The smallest absolute Gasteiger partial charge is 0.229 e. The van der Waals surface area contributed by atoms with E-state index in [0.29, 0.717) is 34.9 Å². The van der Waals surface area contributed by atoms with Gasteiger partial charge in [0.2, 0.25) is 5.91 Å². The Balaban J connectivity index is 1.61. The molecule has 1 aliphatic rings. The second-order valence-corrected chi connectivity index (χ2v) is 13.2. The minimum atomic E-state index is -0.624. The molecule has 1 atom stereocenters. The molecule has 46 heavy (non-hydrogen) atoms. The molecule has 240 valence electrons. The van der Waals surface area contributed by atoms with E-state index in [4.69, 9.17) is 0 Å². The second kappa shape index (κ2) is 14.5. The zero-order valence-corrected chi connectivity index (χ0v) is 27.3. The van der Waals surface area contributed by atoms with Crippen LogP contribution in [0.2, 0.25) is 0 Å². The summed E-state index contributed by atoms with van der Waals surface area (Å²) in [5.41, 5.74) is 4.55. The Labute approximate surface area is 273 Å². The number of Topliss-reactive ketones (excluding diaryl/α,β-unsaturated/α-hetero) is 1. The Bertz CT molecular complexity index is 1710. The van der Waals surface area contributed by atoms with Gasteiger partial charge in [0, 0.05) is 47.9 Å². The van der Waals surface area contributed by atoms with Gasteiger partial charge in [-0.25, -0.2) is 8.78 Å². The van der Waals surface area contributed by atoms with E-state index in [-0.39, 0.29) is 42.9 Å². The number of aliphatic hydroxyl groups excluding tert-OH is 1. The minimum absolute atomic E-state index is 0.0263. The molecule has 3 aromatic carbocycles. The topological polar surface area (TPSA) is 72.9 Å². The number of thiophene rings is 1. The Hall–Kier alpha value is -4.18. The molecule has 1 amide bonds. The number of rotatable bonds is 11. The Kier molecular flexibility index (Phi) is 10.5. The third kappa shape index (κ3) is 7.44. The van der Waals surface area contributed by atoms with Crippen LogP contribution in [0.4, 0.5) is 19.5 Å². The molecule has 0 fully saturated rings. The van der Waals surface area contributed by atoms with Gasteiger partial charge in [-0.1, -0.05) is 75.4 Å². The van der Waals surface area contributed by atoms with E-state index >= 15 is 0 Å². The molecule has 0 radical (unpaired) electrons. The van der Waals surface area contributed by atoms with Crippen molar-refractivity contribution in [2.75, 3.05) is 30.4 Å². The van der Waals surface area contributed by atoms with Gasteiger partial charge in [0.15, 0.2) is 5.78 Å². The van der Waals surface area contributed by atoms with E-state index in [1.807, 2.05) is 62.2 Å². The first-order chi connectivity index (χ1) is 22.0. The third-order valence-electron chi connectivity index (χ3n) is 7.96. The van der Waals surface area contributed by atoms with Crippen molar-refractivity contribution in [2.45, 2.75) is 40.4 Å². The average Bonchev–Trinajstić information content (AvgIpc) is 3.40. The highest BCUT2D eigenvalue weighted by Crippen LogP contribution is 2.47. The predicted octanol–water partition coefficient (Wildman–Crippen LogP) is 7.68. The van der Waals surface area contributed by atoms with Crippen LogP contribution in [-0.2, 0) is 24.4 Å². The summed E-state index contributed by atoms with van der Waals surface area (Å²) in [6.07, 6.45) is 1.94. The molecule has 0 aliphatic carbocycles. The number of nitrogens with zero attached hydrogens (tertiary/aromatic N) is 2. The summed E-state index contributed by atoms with van der Waals surface area (Å²) in [6.45, 7) is 6.75. The molecule has 1 unspecified atom stereocenters. The van der Waals surface area contributed by atoms with Gasteiger partial charge in [-0.15, -0.1) is 11.3 Å². The Morgan fingerprint density at radius 3 is 2.28 bits per heavy atom. The van der Waals surface area contributed by atoms with Gasteiger partial charge < -0.3 is 15.3 Å². The number of hydrogen-bond donors (Lipinski definition) is 2. The van der Waals surface area contributed by atoms with Crippen molar-refractivity contribution < 1.29 is 23.5 Å². The van der Waals surface area contributed by atoms with Crippen LogP contribution in [0.1, 0.15) is 47.8 Å². The Morgan fingerprint density at radius 1 is 0.978 bits per heavy atom. The summed E-state index contributed by atoms with van der Waals surface area (Å²) in [7, 11) is 2.01.